The summed E-state index contributed by atoms with van der Waals surface area (Å²) in [5.74, 6) is -1.06. The van der Waals surface area contributed by atoms with Crippen LogP contribution < -0.4 is 10.6 Å². The molecule has 0 radical (unpaired) electrons. The molecule has 0 spiro atoms. The minimum absolute atomic E-state index is 0.239. The number of amides is 2. The van der Waals surface area contributed by atoms with Crippen LogP contribution in [0.25, 0.3) is 0 Å². The van der Waals surface area contributed by atoms with E-state index in [1.54, 1.807) is 0 Å². The van der Waals surface area contributed by atoms with Gasteiger partial charge in [-0.15, -0.1) is 0 Å². The highest BCUT2D eigenvalue weighted by Crippen LogP contribution is 1.95. The molecule has 1 unspecified atom stereocenters. The molecule has 3 N–H and O–H groups in total. The SMILES string of the molecule is COCCC(NC(=O)NCCN1CCOCC1)C(=O)O. The van der Waals surface area contributed by atoms with E-state index in [-0.39, 0.29) is 13.0 Å². The number of urea groups is 1. The van der Waals surface area contributed by atoms with E-state index in [0.717, 1.165) is 19.6 Å². The van der Waals surface area contributed by atoms with Crippen LogP contribution in [0.5, 0.6) is 0 Å². The van der Waals surface area contributed by atoms with E-state index in [2.05, 4.69) is 15.5 Å². The van der Waals surface area contributed by atoms with Crippen LogP contribution in [0.2, 0.25) is 0 Å². The first-order valence-corrected chi connectivity index (χ1v) is 6.69. The number of carboxylic acids is 1. The molecule has 0 bridgehead atoms. The fourth-order valence-electron chi connectivity index (χ4n) is 1.85. The summed E-state index contributed by atoms with van der Waals surface area (Å²) in [7, 11) is 1.49. The number of methoxy groups -OCH3 is 1. The molecular weight excluding hydrogens is 266 g/mol. The van der Waals surface area contributed by atoms with Crippen LogP contribution in [0.1, 0.15) is 6.42 Å². The average Bonchev–Trinajstić information content (AvgIpc) is 2.44. The van der Waals surface area contributed by atoms with Gasteiger partial charge < -0.3 is 25.2 Å². The summed E-state index contributed by atoms with van der Waals surface area (Å²) in [6.07, 6.45) is 0.239. The van der Waals surface area contributed by atoms with Crippen molar-refractivity contribution in [2.24, 2.45) is 0 Å². The number of carbonyl (C=O) groups is 2. The molecule has 1 saturated heterocycles. The molecule has 1 rings (SSSR count). The first-order valence-electron chi connectivity index (χ1n) is 6.69. The number of nitrogens with one attached hydrogen (secondary N) is 2. The van der Waals surface area contributed by atoms with E-state index in [1.165, 1.54) is 7.11 Å². The molecule has 1 aliphatic rings. The molecule has 1 aliphatic heterocycles. The van der Waals surface area contributed by atoms with Crippen molar-refractivity contribution in [1.29, 1.82) is 0 Å². The van der Waals surface area contributed by atoms with Gasteiger partial charge in [0.05, 0.1) is 13.2 Å². The molecular formula is C12H23N3O5. The summed E-state index contributed by atoms with van der Waals surface area (Å²) in [4.78, 5) is 24.7. The third-order valence-corrected chi connectivity index (χ3v) is 3.03. The van der Waals surface area contributed by atoms with Gasteiger partial charge in [-0.1, -0.05) is 0 Å². The Morgan fingerprint density at radius 1 is 1.40 bits per heavy atom. The Balaban J connectivity index is 2.18. The van der Waals surface area contributed by atoms with E-state index in [1.807, 2.05) is 0 Å². The lowest BCUT2D eigenvalue weighted by Gasteiger charge is -2.26. The standard InChI is InChI=1S/C12H23N3O5/c1-19-7-2-10(11(16)17)14-12(18)13-3-4-15-5-8-20-9-6-15/h10H,2-9H2,1H3,(H,16,17)(H2,13,14,18). The highest BCUT2D eigenvalue weighted by molar-refractivity contribution is 5.82. The molecule has 8 heteroatoms. The first-order chi connectivity index (χ1) is 9.63. The third-order valence-electron chi connectivity index (χ3n) is 3.03. The van der Waals surface area contributed by atoms with Gasteiger partial charge in [0, 0.05) is 46.3 Å². The fourth-order valence-corrected chi connectivity index (χ4v) is 1.85. The number of hydrogen-bond donors (Lipinski definition) is 3. The Bertz CT molecular complexity index is 307. The zero-order valence-corrected chi connectivity index (χ0v) is 11.8. The second kappa shape index (κ2) is 9.51. The van der Waals surface area contributed by atoms with Crippen molar-refractivity contribution in [2.45, 2.75) is 12.5 Å². The number of carbonyl (C=O) groups excluding carboxylic acids is 1. The van der Waals surface area contributed by atoms with Crippen molar-refractivity contribution in [3.8, 4) is 0 Å². The van der Waals surface area contributed by atoms with Crippen LogP contribution in [0.4, 0.5) is 4.79 Å². The average molecular weight is 289 g/mol. The largest absolute Gasteiger partial charge is 0.480 e. The number of hydrogen-bond acceptors (Lipinski definition) is 5. The van der Waals surface area contributed by atoms with E-state index in [4.69, 9.17) is 14.6 Å². The van der Waals surface area contributed by atoms with Crippen LogP contribution in [0, 0.1) is 0 Å². The number of nitrogens with zero attached hydrogens (tertiary/aromatic N) is 1. The molecule has 1 fully saturated rings. The van der Waals surface area contributed by atoms with E-state index >= 15 is 0 Å². The van der Waals surface area contributed by atoms with Gasteiger partial charge in [0.25, 0.3) is 0 Å². The van der Waals surface area contributed by atoms with Crippen LogP contribution >= 0.6 is 0 Å². The van der Waals surface area contributed by atoms with Gasteiger partial charge in [-0.25, -0.2) is 9.59 Å². The molecule has 0 saturated carbocycles. The minimum Gasteiger partial charge on any atom is -0.480 e. The summed E-state index contributed by atoms with van der Waals surface area (Å²) in [6, 6.07) is -1.40. The number of carboxylic acid groups (broad SMARTS) is 1. The number of aliphatic carboxylic acids is 1. The lowest BCUT2D eigenvalue weighted by Crippen LogP contribution is -2.48. The predicted octanol–water partition coefficient (Wildman–Crippen LogP) is -0.892. The summed E-state index contributed by atoms with van der Waals surface area (Å²) < 4.78 is 10.0. The lowest BCUT2D eigenvalue weighted by molar-refractivity contribution is -0.139. The minimum atomic E-state index is -1.06. The highest BCUT2D eigenvalue weighted by Gasteiger charge is 2.19. The zero-order valence-electron chi connectivity index (χ0n) is 11.8. The molecule has 2 amide bonds. The van der Waals surface area contributed by atoms with Gasteiger partial charge in [0.1, 0.15) is 6.04 Å². The molecule has 1 atom stereocenters. The van der Waals surface area contributed by atoms with Gasteiger partial charge in [0.2, 0.25) is 0 Å². The Labute approximate surface area is 118 Å². The predicted molar refractivity (Wildman–Crippen MR) is 71.7 cm³/mol. The topological polar surface area (TPSA) is 100 Å². The summed E-state index contributed by atoms with van der Waals surface area (Å²) in [5.41, 5.74) is 0. The number of morpholine rings is 1. The quantitative estimate of drug-likeness (QED) is 0.536. The summed E-state index contributed by atoms with van der Waals surface area (Å²) in [5, 5.41) is 14.0. The van der Waals surface area contributed by atoms with Gasteiger partial charge in [-0.3, -0.25) is 4.90 Å². The van der Waals surface area contributed by atoms with Gasteiger partial charge in [-0.05, 0) is 0 Å². The van der Waals surface area contributed by atoms with Crippen LogP contribution in [0.3, 0.4) is 0 Å². The molecule has 0 aromatic rings. The molecule has 116 valence electrons. The van der Waals surface area contributed by atoms with Crippen molar-refractivity contribution in [3.63, 3.8) is 0 Å². The Kier molecular flexibility index (Phi) is 7.93. The molecule has 0 aliphatic carbocycles. The van der Waals surface area contributed by atoms with Crippen molar-refractivity contribution in [1.82, 2.24) is 15.5 Å². The first kappa shape index (κ1) is 16.7. The van der Waals surface area contributed by atoms with Gasteiger partial charge in [0.15, 0.2) is 0 Å². The maximum atomic E-state index is 11.6. The third kappa shape index (κ3) is 6.69. The molecule has 8 nitrogen and oxygen atoms in total. The van der Waals surface area contributed by atoms with Crippen molar-refractivity contribution in [3.05, 3.63) is 0 Å². The molecule has 1 heterocycles. The summed E-state index contributed by atoms with van der Waals surface area (Å²) in [6.45, 7) is 4.62. The Morgan fingerprint density at radius 3 is 2.70 bits per heavy atom. The van der Waals surface area contributed by atoms with Crippen LogP contribution in [-0.4, -0.2) is 81.2 Å². The van der Waals surface area contributed by atoms with Crippen molar-refractivity contribution < 1.29 is 24.2 Å². The smallest absolute Gasteiger partial charge is 0.326 e. The lowest BCUT2D eigenvalue weighted by atomic mass is 10.2. The second-order valence-corrected chi connectivity index (χ2v) is 4.53. The van der Waals surface area contributed by atoms with E-state index in [0.29, 0.717) is 19.8 Å². The molecule has 20 heavy (non-hydrogen) atoms. The maximum absolute atomic E-state index is 11.6. The van der Waals surface area contributed by atoms with Crippen LogP contribution in [0.15, 0.2) is 0 Å². The number of ether oxygens (including phenoxy) is 2. The van der Waals surface area contributed by atoms with E-state index < -0.39 is 18.0 Å². The second-order valence-electron chi connectivity index (χ2n) is 4.53. The van der Waals surface area contributed by atoms with Gasteiger partial charge in [-0.2, -0.15) is 0 Å². The molecule has 0 aromatic heterocycles. The van der Waals surface area contributed by atoms with Crippen LogP contribution in [-0.2, 0) is 14.3 Å². The van der Waals surface area contributed by atoms with Crippen molar-refractivity contribution >= 4 is 12.0 Å². The zero-order chi connectivity index (χ0) is 14.8. The van der Waals surface area contributed by atoms with Crippen molar-refractivity contribution in [2.75, 3.05) is 53.1 Å². The Morgan fingerprint density at radius 2 is 2.10 bits per heavy atom. The molecule has 0 aromatic carbocycles. The number of rotatable bonds is 8. The fraction of sp³-hybridized carbons (Fsp3) is 0.833. The van der Waals surface area contributed by atoms with Gasteiger partial charge >= 0.3 is 12.0 Å². The highest BCUT2D eigenvalue weighted by atomic mass is 16.5. The monoisotopic (exact) mass is 289 g/mol. The maximum Gasteiger partial charge on any atom is 0.326 e. The van der Waals surface area contributed by atoms with E-state index in [9.17, 15) is 9.59 Å². The Hall–Kier alpha value is -1.38. The normalized spacial score (nSPS) is 17.4. The summed E-state index contributed by atoms with van der Waals surface area (Å²) >= 11 is 0.